The second-order valence-electron chi connectivity index (χ2n) is 6.55. The summed E-state index contributed by atoms with van der Waals surface area (Å²) < 4.78 is 1.89. The number of nitrogens with zero attached hydrogens (tertiary/aromatic N) is 4. The van der Waals surface area contributed by atoms with Crippen LogP contribution in [0.3, 0.4) is 0 Å². The van der Waals surface area contributed by atoms with Gasteiger partial charge in [-0.15, -0.1) is 0 Å². The molecule has 2 fully saturated rings. The molecular formula is C15H25N5O. The number of rotatable bonds is 6. The third kappa shape index (κ3) is 4.27. The summed E-state index contributed by atoms with van der Waals surface area (Å²) >= 11 is 0. The van der Waals surface area contributed by atoms with Gasteiger partial charge < -0.3 is 5.32 Å². The van der Waals surface area contributed by atoms with Gasteiger partial charge in [0.1, 0.15) is 12.7 Å². The lowest BCUT2D eigenvalue weighted by Gasteiger charge is -2.32. The average molecular weight is 291 g/mol. The van der Waals surface area contributed by atoms with E-state index in [1.807, 2.05) is 4.68 Å². The second kappa shape index (κ2) is 6.56. The largest absolute Gasteiger partial charge is 0.352 e. The van der Waals surface area contributed by atoms with Crippen LogP contribution in [0.25, 0.3) is 0 Å². The van der Waals surface area contributed by atoms with E-state index in [0.29, 0.717) is 18.5 Å². The molecule has 1 aromatic heterocycles. The third-order valence-corrected chi connectivity index (χ3v) is 4.60. The molecule has 6 nitrogen and oxygen atoms in total. The van der Waals surface area contributed by atoms with Crippen molar-refractivity contribution in [3.05, 3.63) is 12.7 Å². The standard InChI is InChI=1S/C15H25N5O/c1-12(14-4-5-14)18-15(21)9-19-6-2-3-13(7-19)8-20-11-16-10-17-20/h10-14H,2-9H2,1H3,(H,18,21). The number of hydrogen-bond acceptors (Lipinski definition) is 4. The van der Waals surface area contributed by atoms with Crippen molar-refractivity contribution < 1.29 is 4.79 Å². The van der Waals surface area contributed by atoms with Crippen molar-refractivity contribution in [2.75, 3.05) is 19.6 Å². The molecule has 2 atom stereocenters. The molecule has 1 saturated heterocycles. The number of amides is 1. The van der Waals surface area contributed by atoms with Gasteiger partial charge in [-0.1, -0.05) is 0 Å². The number of likely N-dealkylation sites (tertiary alicyclic amines) is 1. The van der Waals surface area contributed by atoms with Crippen LogP contribution >= 0.6 is 0 Å². The van der Waals surface area contributed by atoms with Crippen molar-refractivity contribution in [2.45, 2.75) is 45.2 Å². The van der Waals surface area contributed by atoms with Gasteiger partial charge in [0.05, 0.1) is 6.54 Å². The first-order valence-corrected chi connectivity index (χ1v) is 8.05. The summed E-state index contributed by atoms with van der Waals surface area (Å²) in [6, 6.07) is 0.341. The van der Waals surface area contributed by atoms with E-state index in [1.165, 1.54) is 19.3 Å². The molecule has 0 radical (unpaired) electrons. The smallest absolute Gasteiger partial charge is 0.234 e. The van der Waals surface area contributed by atoms with Crippen molar-refractivity contribution in [3.63, 3.8) is 0 Å². The lowest BCUT2D eigenvalue weighted by atomic mass is 9.98. The van der Waals surface area contributed by atoms with Crippen molar-refractivity contribution in [2.24, 2.45) is 11.8 Å². The highest BCUT2D eigenvalue weighted by Crippen LogP contribution is 2.32. The normalized spacial score (nSPS) is 24.7. The van der Waals surface area contributed by atoms with E-state index in [9.17, 15) is 4.79 Å². The first-order chi connectivity index (χ1) is 10.2. The Morgan fingerprint density at radius 2 is 2.29 bits per heavy atom. The quantitative estimate of drug-likeness (QED) is 0.846. The van der Waals surface area contributed by atoms with E-state index < -0.39 is 0 Å². The zero-order valence-corrected chi connectivity index (χ0v) is 12.7. The van der Waals surface area contributed by atoms with Crippen molar-refractivity contribution in [1.82, 2.24) is 25.0 Å². The number of carbonyl (C=O) groups excluding carboxylic acids is 1. The van der Waals surface area contributed by atoms with Gasteiger partial charge in [-0.2, -0.15) is 5.10 Å². The highest BCUT2D eigenvalue weighted by molar-refractivity contribution is 5.78. The summed E-state index contributed by atoms with van der Waals surface area (Å²) in [7, 11) is 0. The minimum Gasteiger partial charge on any atom is -0.352 e. The van der Waals surface area contributed by atoms with E-state index >= 15 is 0 Å². The molecule has 116 valence electrons. The fourth-order valence-electron chi connectivity index (χ4n) is 3.25. The molecule has 0 aromatic carbocycles. The van der Waals surface area contributed by atoms with E-state index in [1.54, 1.807) is 12.7 Å². The molecule has 2 aliphatic rings. The summed E-state index contributed by atoms with van der Waals surface area (Å²) in [6.45, 7) is 5.56. The minimum atomic E-state index is 0.177. The minimum absolute atomic E-state index is 0.177. The van der Waals surface area contributed by atoms with Crippen molar-refractivity contribution in [1.29, 1.82) is 0 Å². The Hall–Kier alpha value is -1.43. The summed E-state index contributed by atoms with van der Waals surface area (Å²) in [5, 5.41) is 7.31. The monoisotopic (exact) mass is 291 g/mol. The molecule has 0 bridgehead atoms. The lowest BCUT2D eigenvalue weighted by molar-refractivity contribution is -0.123. The Labute approximate surface area is 125 Å². The predicted molar refractivity (Wildman–Crippen MR) is 79.5 cm³/mol. The molecule has 21 heavy (non-hydrogen) atoms. The molecule has 1 amide bonds. The van der Waals surface area contributed by atoms with Crippen LogP contribution in [-0.2, 0) is 11.3 Å². The van der Waals surface area contributed by atoms with E-state index in [2.05, 4.69) is 27.2 Å². The lowest BCUT2D eigenvalue weighted by Crippen LogP contribution is -2.45. The van der Waals surface area contributed by atoms with Gasteiger partial charge in [-0.05, 0) is 51.0 Å². The zero-order chi connectivity index (χ0) is 14.7. The molecule has 1 N–H and O–H groups in total. The highest BCUT2D eigenvalue weighted by Gasteiger charge is 2.29. The molecule has 1 aliphatic heterocycles. The van der Waals surface area contributed by atoms with E-state index in [4.69, 9.17) is 0 Å². The van der Waals surface area contributed by atoms with Crippen LogP contribution in [0.1, 0.15) is 32.6 Å². The molecule has 1 aliphatic carbocycles. The first kappa shape index (κ1) is 14.5. The van der Waals surface area contributed by atoms with Crippen LogP contribution in [0.4, 0.5) is 0 Å². The van der Waals surface area contributed by atoms with Gasteiger partial charge >= 0.3 is 0 Å². The Morgan fingerprint density at radius 1 is 1.43 bits per heavy atom. The molecular weight excluding hydrogens is 266 g/mol. The molecule has 1 aromatic rings. The fourth-order valence-corrected chi connectivity index (χ4v) is 3.25. The number of nitrogens with one attached hydrogen (secondary N) is 1. The van der Waals surface area contributed by atoms with Crippen LogP contribution in [0.5, 0.6) is 0 Å². The maximum Gasteiger partial charge on any atom is 0.234 e. The Kier molecular flexibility index (Phi) is 4.53. The summed E-state index contributed by atoms with van der Waals surface area (Å²) in [5.74, 6) is 1.46. The number of piperidine rings is 1. The number of carbonyl (C=O) groups is 1. The highest BCUT2D eigenvalue weighted by atomic mass is 16.2. The molecule has 6 heteroatoms. The van der Waals surface area contributed by atoms with Gasteiger partial charge in [0.25, 0.3) is 0 Å². The van der Waals surface area contributed by atoms with E-state index in [0.717, 1.165) is 32.0 Å². The summed E-state index contributed by atoms with van der Waals surface area (Å²) in [5.41, 5.74) is 0. The van der Waals surface area contributed by atoms with Crippen LogP contribution in [0, 0.1) is 11.8 Å². The van der Waals surface area contributed by atoms with Gasteiger partial charge in [0, 0.05) is 19.1 Å². The third-order valence-electron chi connectivity index (χ3n) is 4.60. The predicted octanol–water partition coefficient (Wildman–Crippen LogP) is 0.905. The van der Waals surface area contributed by atoms with Gasteiger partial charge in [-0.3, -0.25) is 14.4 Å². The Balaban J connectivity index is 1.43. The SMILES string of the molecule is CC(NC(=O)CN1CCCC(Cn2cncn2)C1)C1CC1. The van der Waals surface area contributed by atoms with Crippen molar-refractivity contribution in [3.8, 4) is 0 Å². The van der Waals surface area contributed by atoms with Crippen LogP contribution < -0.4 is 5.32 Å². The van der Waals surface area contributed by atoms with Gasteiger partial charge in [-0.25, -0.2) is 4.98 Å². The zero-order valence-electron chi connectivity index (χ0n) is 12.7. The first-order valence-electron chi connectivity index (χ1n) is 8.05. The second-order valence-corrected chi connectivity index (χ2v) is 6.55. The van der Waals surface area contributed by atoms with Gasteiger partial charge in [0.15, 0.2) is 0 Å². The molecule has 2 heterocycles. The number of hydrogen-bond donors (Lipinski definition) is 1. The fraction of sp³-hybridized carbons (Fsp3) is 0.800. The molecule has 3 rings (SSSR count). The summed E-state index contributed by atoms with van der Waals surface area (Å²) in [4.78, 5) is 18.4. The maximum absolute atomic E-state index is 12.1. The molecule has 1 saturated carbocycles. The van der Waals surface area contributed by atoms with Crippen molar-refractivity contribution >= 4 is 5.91 Å². The average Bonchev–Trinajstić information content (AvgIpc) is 3.18. The van der Waals surface area contributed by atoms with Crippen LogP contribution in [0.15, 0.2) is 12.7 Å². The Bertz CT molecular complexity index is 457. The number of aromatic nitrogens is 3. The molecule has 0 spiro atoms. The Morgan fingerprint density at radius 3 is 3.00 bits per heavy atom. The van der Waals surface area contributed by atoms with Crippen LogP contribution in [-0.4, -0.2) is 51.2 Å². The maximum atomic E-state index is 12.1. The van der Waals surface area contributed by atoms with Gasteiger partial charge in [0.2, 0.25) is 5.91 Å². The molecule has 2 unspecified atom stereocenters. The van der Waals surface area contributed by atoms with Crippen LogP contribution in [0.2, 0.25) is 0 Å². The van der Waals surface area contributed by atoms with E-state index in [-0.39, 0.29) is 5.91 Å². The topological polar surface area (TPSA) is 63.1 Å². The summed E-state index contributed by atoms with van der Waals surface area (Å²) in [6.07, 6.45) is 8.24.